The van der Waals surface area contributed by atoms with Gasteiger partial charge in [-0.1, -0.05) is 394 Å². The number of hydrogen-bond donors (Lipinski definition) is 0. The van der Waals surface area contributed by atoms with Gasteiger partial charge in [0.2, 0.25) is 0 Å². The van der Waals surface area contributed by atoms with Crippen LogP contribution >= 0.6 is 0 Å². The van der Waals surface area contributed by atoms with Gasteiger partial charge in [-0.25, -0.2) is 0 Å². The molecule has 30 aromatic rings. The van der Waals surface area contributed by atoms with Crippen molar-refractivity contribution < 1.29 is 0 Å². The molecular weight excluding hydrogens is 1810 g/mol. The van der Waals surface area contributed by atoms with Crippen LogP contribution in [0.4, 0.5) is 0 Å². The van der Waals surface area contributed by atoms with Crippen molar-refractivity contribution in [3.63, 3.8) is 0 Å². The van der Waals surface area contributed by atoms with Gasteiger partial charge in [-0.15, -0.1) is 0 Å². The Labute approximate surface area is 868 Å². The Morgan fingerprint density at radius 3 is 0.480 bits per heavy atom. The molecule has 0 saturated heterocycles. The van der Waals surface area contributed by atoms with Gasteiger partial charge in [0.25, 0.3) is 0 Å². The predicted octanol–water partition coefficient (Wildman–Crippen LogP) is 38.6. The van der Waals surface area contributed by atoms with Crippen LogP contribution in [0.15, 0.2) is 582 Å². The van der Waals surface area contributed by atoms with Gasteiger partial charge >= 0.3 is 0 Å². The van der Waals surface area contributed by atoms with Crippen LogP contribution in [-0.4, -0.2) is 27.4 Å². The van der Waals surface area contributed by atoms with Crippen molar-refractivity contribution in [1.29, 1.82) is 0 Å². The molecule has 0 radical (unpaired) electrons. The summed E-state index contributed by atoms with van der Waals surface area (Å²) in [5.74, 6) is 0. The highest BCUT2D eigenvalue weighted by molar-refractivity contribution is 6.17. The van der Waals surface area contributed by atoms with Crippen molar-refractivity contribution in [2.45, 2.75) is 0 Å². The average molecular weight is 1910 g/mol. The molecule has 0 aliphatic heterocycles. The zero-order valence-corrected chi connectivity index (χ0v) is 82.1. The molecule has 0 bridgehead atoms. The first-order valence-corrected chi connectivity index (χ1v) is 51.6. The van der Waals surface area contributed by atoms with E-state index in [0.29, 0.717) is 0 Å². The van der Waals surface area contributed by atoms with Gasteiger partial charge in [0.1, 0.15) is 0 Å². The molecule has 6 nitrogen and oxygen atoms in total. The second kappa shape index (κ2) is 37.4. The first-order valence-electron chi connectivity index (χ1n) is 51.6. The fourth-order valence-electron chi connectivity index (χ4n) is 23.3. The molecule has 0 atom stereocenters. The van der Waals surface area contributed by atoms with Crippen LogP contribution in [0.3, 0.4) is 0 Å². The number of nitrogens with zero attached hydrogens (tertiary/aromatic N) is 6. The van der Waals surface area contributed by atoms with Crippen molar-refractivity contribution in [1.82, 2.24) is 27.4 Å². The van der Waals surface area contributed by atoms with E-state index in [0.717, 1.165) is 28.4 Å². The van der Waals surface area contributed by atoms with E-state index in [2.05, 4.69) is 610 Å². The molecule has 0 aliphatic rings. The Bertz CT molecular complexity index is 10100. The molecule has 6 heterocycles. The lowest BCUT2D eigenvalue weighted by Crippen LogP contribution is -1.96. The van der Waals surface area contributed by atoms with Crippen molar-refractivity contribution in [3.8, 4) is 134 Å². The van der Waals surface area contributed by atoms with Crippen LogP contribution in [0, 0.1) is 0 Å². The molecule has 0 unspecified atom stereocenters. The number of para-hydroxylation sites is 7. The smallest absolute Gasteiger partial charge is 0.0541 e. The minimum atomic E-state index is 1.15. The first kappa shape index (κ1) is 87.8. The zero-order chi connectivity index (χ0) is 99.1. The summed E-state index contributed by atoms with van der Waals surface area (Å²) in [6, 6.07) is 211. The summed E-state index contributed by atoms with van der Waals surface area (Å²) in [7, 11) is 0. The number of fused-ring (bicyclic) bond motifs is 18. The van der Waals surface area contributed by atoms with Gasteiger partial charge in [-0.2, -0.15) is 0 Å². The Morgan fingerprint density at radius 1 is 0.0733 bits per heavy atom. The Kier molecular flexibility index (Phi) is 21.9. The zero-order valence-electron chi connectivity index (χ0n) is 82.1. The molecular formula is C144H96N6. The van der Waals surface area contributed by atoms with Crippen LogP contribution in [0.2, 0.25) is 0 Å². The third-order valence-electron chi connectivity index (χ3n) is 30.3. The third kappa shape index (κ3) is 15.6. The lowest BCUT2D eigenvalue weighted by atomic mass is 9.98. The van der Waals surface area contributed by atoms with E-state index in [1.807, 2.05) is 0 Å². The van der Waals surface area contributed by atoms with Crippen LogP contribution in [0.1, 0.15) is 0 Å². The highest BCUT2D eigenvalue weighted by atomic mass is 15.0. The largest absolute Gasteiger partial charge is 0.309 e. The van der Waals surface area contributed by atoms with Gasteiger partial charge in [0, 0.05) is 98.8 Å². The standard InChI is InChI=1S/3C48H32N2/c1-4-14-33(15-5-1)37-28-38(34-16-6-2-7-17-34)30-40(29-37)50-46-23-13-11-21-42(46)44-32-36(25-27-48(44)50)35-24-26-47-43(31-35)41-20-10-12-22-45(41)49(47)39-18-8-3-9-19-39;1-3-12-33(13-4-1)35-22-26-39(27-23-35)49-45-20-9-7-18-41(45)43-31-37(24-28-47(43)49)38-25-29-48-44(32-38)42-19-8-10-21-46(42)50(48)40-17-11-16-36(30-40)34-14-5-2-6-15-34;1-3-11-33(12-4-1)35-19-25-39(26-20-35)49-45-17-9-7-15-41(45)43-31-37(23-29-47(43)49)38-24-30-48-44(32-38)42-16-8-10-18-46(42)50(48)40-27-21-36(22-28-40)34-13-5-2-6-14-34/h3*1-32H. The summed E-state index contributed by atoms with van der Waals surface area (Å²) in [6.45, 7) is 0. The van der Waals surface area contributed by atoms with Crippen molar-refractivity contribution >= 4 is 131 Å². The predicted molar refractivity (Wildman–Crippen MR) is 634 cm³/mol. The van der Waals surface area contributed by atoms with E-state index in [1.54, 1.807) is 0 Å². The fraction of sp³-hybridized carbons (Fsp3) is 0. The second-order valence-corrected chi connectivity index (χ2v) is 39.0. The van der Waals surface area contributed by atoms with Crippen molar-refractivity contribution in [3.05, 3.63) is 582 Å². The van der Waals surface area contributed by atoms with E-state index in [-0.39, 0.29) is 0 Å². The fourth-order valence-corrected chi connectivity index (χ4v) is 23.3. The van der Waals surface area contributed by atoms with Crippen molar-refractivity contribution in [2.24, 2.45) is 0 Å². The number of rotatable bonds is 15. The summed E-state index contributed by atoms with van der Waals surface area (Å²) in [4.78, 5) is 0. The molecule has 30 rings (SSSR count). The molecule has 150 heavy (non-hydrogen) atoms. The Morgan fingerprint density at radius 2 is 0.227 bits per heavy atom. The minimum absolute atomic E-state index is 1.15. The van der Waals surface area contributed by atoms with E-state index in [9.17, 15) is 0 Å². The van der Waals surface area contributed by atoms with Crippen LogP contribution < -0.4 is 0 Å². The maximum Gasteiger partial charge on any atom is 0.0541 e. The van der Waals surface area contributed by atoms with Crippen LogP contribution in [0.5, 0.6) is 0 Å². The van der Waals surface area contributed by atoms with E-state index in [1.165, 1.54) is 237 Å². The summed E-state index contributed by atoms with van der Waals surface area (Å²) in [5.41, 5.74) is 43.3. The monoisotopic (exact) mass is 1910 g/mol. The molecule has 0 N–H and O–H groups in total. The quantitative estimate of drug-likeness (QED) is 0.0979. The van der Waals surface area contributed by atoms with E-state index in [4.69, 9.17) is 0 Å². The lowest BCUT2D eigenvalue weighted by molar-refractivity contribution is 1.18. The molecule has 6 heteroatoms. The van der Waals surface area contributed by atoms with Crippen molar-refractivity contribution in [2.75, 3.05) is 0 Å². The summed E-state index contributed by atoms with van der Waals surface area (Å²) in [6.07, 6.45) is 0. The lowest BCUT2D eigenvalue weighted by Gasteiger charge is -2.14. The average Bonchev–Trinajstić information content (AvgIpc) is 1.58. The second-order valence-electron chi connectivity index (χ2n) is 39.0. The Hall–Kier alpha value is -19.9. The Balaban J connectivity index is 0.000000108. The molecule has 0 amide bonds. The minimum Gasteiger partial charge on any atom is -0.309 e. The van der Waals surface area contributed by atoms with E-state index < -0.39 is 0 Å². The molecule has 24 aromatic carbocycles. The van der Waals surface area contributed by atoms with Crippen LogP contribution in [-0.2, 0) is 0 Å². The third-order valence-corrected chi connectivity index (χ3v) is 30.3. The summed E-state index contributed by atoms with van der Waals surface area (Å²) in [5, 5.41) is 15.1. The summed E-state index contributed by atoms with van der Waals surface area (Å²) < 4.78 is 14.4. The topological polar surface area (TPSA) is 29.6 Å². The van der Waals surface area contributed by atoms with Gasteiger partial charge in [0.05, 0.1) is 66.2 Å². The molecule has 0 spiro atoms. The highest BCUT2D eigenvalue weighted by Crippen LogP contribution is 2.47. The molecule has 702 valence electrons. The SMILES string of the molecule is c1ccc(-c2cc(-c3ccccc3)cc(-n3c4ccccc4c4cc(-c5ccc6c(c5)c5ccccc5n6-c5ccccc5)ccc43)c2)cc1.c1ccc(-c2ccc(-n3c4ccccc4c4cc(-c5ccc6c(c5)c5ccccc5n6-c5ccc(-c6ccccc6)cc5)ccc43)cc2)cc1.c1ccc(-c2ccc(-n3c4ccccc4c4cc(-c5ccc6c(c5)c5ccccc5n6-c5cccc(-c6ccccc6)c5)ccc43)cc2)cc1. The van der Waals surface area contributed by atoms with Gasteiger partial charge in [0.15, 0.2) is 0 Å². The van der Waals surface area contributed by atoms with Crippen LogP contribution in [0.25, 0.3) is 265 Å². The maximum atomic E-state index is 2.43. The normalized spacial score (nSPS) is 11.6. The first-order chi connectivity index (χ1) is 74.4. The number of hydrogen-bond acceptors (Lipinski definition) is 0. The molecule has 0 aliphatic carbocycles. The van der Waals surface area contributed by atoms with Gasteiger partial charge < -0.3 is 27.4 Å². The van der Waals surface area contributed by atoms with Gasteiger partial charge in [-0.3, -0.25) is 0 Å². The number of aromatic nitrogens is 6. The molecule has 6 aromatic heterocycles. The maximum absolute atomic E-state index is 2.43. The number of benzene rings is 24. The van der Waals surface area contributed by atoms with E-state index >= 15 is 0 Å². The molecule has 0 saturated carbocycles. The van der Waals surface area contributed by atoms with Gasteiger partial charge in [-0.05, 0) is 288 Å². The molecule has 0 fully saturated rings. The summed E-state index contributed by atoms with van der Waals surface area (Å²) >= 11 is 0. The highest BCUT2D eigenvalue weighted by Gasteiger charge is 2.24.